The van der Waals surface area contributed by atoms with E-state index in [2.05, 4.69) is 20.5 Å². The smallest absolute Gasteiger partial charge is 0.433 e. The van der Waals surface area contributed by atoms with E-state index < -0.39 is 17.0 Å². The van der Waals surface area contributed by atoms with Crippen LogP contribution in [-0.2, 0) is 6.18 Å². The summed E-state index contributed by atoms with van der Waals surface area (Å²) in [4.78, 5) is 8.01. The Bertz CT molecular complexity index is 1040. The number of aromatic nitrogens is 2. The van der Waals surface area contributed by atoms with Gasteiger partial charge in [0.05, 0.1) is 31.0 Å². The molecular formula is C18H14F4N4O2S. The monoisotopic (exact) mass is 426 g/mol. The van der Waals surface area contributed by atoms with E-state index in [4.69, 9.17) is 9.47 Å². The van der Waals surface area contributed by atoms with Gasteiger partial charge in [0.15, 0.2) is 22.3 Å². The van der Waals surface area contributed by atoms with Crippen molar-refractivity contribution in [2.75, 3.05) is 19.6 Å². The average molecular weight is 426 g/mol. The van der Waals surface area contributed by atoms with E-state index in [1.54, 1.807) is 12.1 Å². The lowest BCUT2D eigenvalue weighted by Crippen LogP contribution is -2.11. The second kappa shape index (κ2) is 8.43. The molecule has 6 nitrogen and oxygen atoms in total. The molecule has 2 heterocycles. The molecule has 1 aromatic carbocycles. The number of nitrogens with zero attached hydrogens (tertiary/aromatic N) is 3. The molecule has 0 aliphatic rings. The summed E-state index contributed by atoms with van der Waals surface area (Å²) in [5.41, 5.74) is 1.58. The van der Waals surface area contributed by atoms with E-state index >= 15 is 0 Å². The van der Waals surface area contributed by atoms with E-state index in [-0.39, 0.29) is 11.6 Å². The Morgan fingerprint density at radius 1 is 1.03 bits per heavy atom. The van der Waals surface area contributed by atoms with Crippen molar-refractivity contribution in [3.8, 4) is 22.8 Å². The molecule has 3 aromatic rings. The maximum Gasteiger partial charge on any atom is 0.433 e. The lowest BCUT2D eigenvalue weighted by molar-refractivity contribution is -0.141. The minimum Gasteiger partial charge on any atom is -0.493 e. The summed E-state index contributed by atoms with van der Waals surface area (Å²) in [5.74, 6) is 0.398. The summed E-state index contributed by atoms with van der Waals surface area (Å²) in [7, 11) is 2.86. The predicted octanol–water partition coefficient (Wildman–Crippen LogP) is 4.83. The number of rotatable bonds is 6. The molecule has 0 saturated carbocycles. The highest BCUT2D eigenvalue weighted by molar-refractivity contribution is 7.12. The van der Waals surface area contributed by atoms with Crippen LogP contribution in [0.3, 0.4) is 0 Å². The molecule has 29 heavy (non-hydrogen) atoms. The highest BCUT2D eigenvalue weighted by Gasteiger charge is 2.34. The van der Waals surface area contributed by atoms with Gasteiger partial charge in [0.2, 0.25) is 5.95 Å². The van der Waals surface area contributed by atoms with Gasteiger partial charge in [-0.1, -0.05) is 0 Å². The number of alkyl halides is 3. The summed E-state index contributed by atoms with van der Waals surface area (Å²) in [6.07, 6.45) is -3.43. The van der Waals surface area contributed by atoms with Gasteiger partial charge in [-0.05, 0) is 36.4 Å². The molecule has 0 bridgehead atoms. The molecular weight excluding hydrogens is 412 g/mol. The van der Waals surface area contributed by atoms with Crippen molar-refractivity contribution in [3.05, 3.63) is 52.1 Å². The van der Waals surface area contributed by atoms with Crippen LogP contribution in [0.15, 0.2) is 41.5 Å². The second-order valence-corrected chi connectivity index (χ2v) is 6.61. The topological polar surface area (TPSA) is 68.6 Å². The Morgan fingerprint density at radius 2 is 1.79 bits per heavy atom. The minimum atomic E-state index is -4.69. The van der Waals surface area contributed by atoms with Crippen LogP contribution in [0.2, 0.25) is 0 Å². The Balaban J connectivity index is 1.97. The number of thiophene rings is 1. The van der Waals surface area contributed by atoms with Crippen LogP contribution in [-0.4, -0.2) is 30.4 Å². The normalized spacial score (nSPS) is 11.7. The molecule has 3 rings (SSSR count). The number of nitrogens with one attached hydrogen (secondary N) is 1. The Morgan fingerprint density at radius 3 is 2.41 bits per heavy atom. The maximum atomic E-state index is 13.3. The molecule has 0 unspecified atom stereocenters. The first-order valence-corrected chi connectivity index (χ1v) is 8.85. The van der Waals surface area contributed by atoms with Gasteiger partial charge >= 0.3 is 6.18 Å². The van der Waals surface area contributed by atoms with Crippen molar-refractivity contribution in [1.29, 1.82) is 0 Å². The number of hydrazone groups is 1. The highest BCUT2D eigenvalue weighted by atomic mass is 32.1. The van der Waals surface area contributed by atoms with Crippen LogP contribution < -0.4 is 14.9 Å². The summed E-state index contributed by atoms with van der Waals surface area (Å²) < 4.78 is 63.1. The van der Waals surface area contributed by atoms with Crippen LogP contribution in [0.5, 0.6) is 11.5 Å². The van der Waals surface area contributed by atoms with Gasteiger partial charge in [0, 0.05) is 5.56 Å². The van der Waals surface area contributed by atoms with E-state index in [0.717, 1.165) is 17.4 Å². The zero-order valence-corrected chi connectivity index (χ0v) is 15.9. The molecule has 0 amide bonds. The number of methoxy groups -OCH3 is 2. The number of halogens is 4. The first-order chi connectivity index (χ1) is 13.8. The van der Waals surface area contributed by atoms with Crippen molar-refractivity contribution in [2.45, 2.75) is 6.18 Å². The second-order valence-electron chi connectivity index (χ2n) is 5.54. The number of benzene rings is 1. The standard InChI is InChI=1S/C18H14F4N4O2S/c1-27-13-5-3-10(7-14(13)28-2)12-8-15(18(20,21)22)25-17(24-12)26-23-9-11-4-6-16(19)29-11/h3-9H,1-2H3,(H,24,25,26)/b23-9-. The first-order valence-electron chi connectivity index (χ1n) is 8.03. The fourth-order valence-corrected chi connectivity index (χ4v) is 2.94. The van der Waals surface area contributed by atoms with E-state index in [1.807, 2.05) is 0 Å². The third kappa shape index (κ3) is 4.99. The zero-order valence-electron chi connectivity index (χ0n) is 15.1. The fraction of sp³-hybridized carbons (Fsp3) is 0.167. The van der Waals surface area contributed by atoms with E-state index in [0.29, 0.717) is 21.9 Å². The minimum absolute atomic E-state index is 0.00754. The third-order valence-electron chi connectivity index (χ3n) is 3.65. The molecule has 152 valence electrons. The largest absolute Gasteiger partial charge is 0.493 e. The summed E-state index contributed by atoms with van der Waals surface area (Å²) in [6, 6.07) is 8.16. The Kier molecular flexibility index (Phi) is 5.97. The predicted molar refractivity (Wildman–Crippen MR) is 101 cm³/mol. The van der Waals surface area contributed by atoms with Crippen molar-refractivity contribution in [2.24, 2.45) is 5.10 Å². The Labute approximate surface area is 166 Å². The number of ether oxygens (including phenoxy) is 2. The SMILES string of the molecule is COc1ccc(-c2cc(C(F)(F)F)nc(N/N=C\c3ccc(F)s3)n2)cc1OC. The lowest BCUT2D eigenvalue weighted by atomic mass is 10.1. The van der Waals surface area contributed by atoms with Crippen LogP contribution in [0.25, 0.3) is 11.3 Å². The zero-order chi connectivity index (χ0) is 21.0. The molecule has 0 saturated heterocycles. The molecule has 11 heteroatoms. The van der Waals surface area contributed by atoms with E-state index in [1.165, 1.54) is 38.6 Å². The number of hydrogen-bond acceptors (Lipinski definition) is 7. The number of anilines is 1. The maximum absolute atomic E-state index is 13.3. The van der Waals surface area contributed by atoms with Crippen LogP contribution in [0.4, 0.5) is 23.5 Å². The average Bonchev–Trinajstić information content (AvgIpc) is 3.11. The van der Waals surface area contributed by atoms with Crippen molar-refractivity contribution in [1.82, 2.24) is 9.97 Å². The third-order valence-corrected chi connectivity index (χ3v) is 4.45. The Hall–Kier alpha value is -3.21. The van der Waals surface area contributed by atoms with Crippen LogP contribution in [0, 0.1) is 5.13 Å². The first kappa shape index (κ1) is 20.5. The van der Waals surface area contributed by atoms with Gasteiger partial charge in [0.25, 0.3) is 0 Å². The van der Waals surface area contributed by atoms with E-state index in [9.17, 15) is 17.6 Å². The fourth-order valence-electron chi connectivity index (χ4n) is 2.34. The summed E-state index contributed by atoms with van der Waals surface area (Å²) >= 11 is 0.835. The van der Waals surface area contributed by atoms with Crippen molar-refractivity contribution < 1.29 is 27.0 Å². The van der Waals surface area contributed by atoms with Gasteiger partial charge in [-0.25, -0.2) is 15.4 Å². The molecule has 0 spiro atoms. The number of hydrogen-bond donors (Lipinski definition) is 1. The summed E-state index contributed by atoms with van der Waals surface area (Å²) in [5, 5.41) is 3.37. The molecule has 2 aromatic heterocycles. The van der Waals surface area contributed by atoms with Crippen molar-refractivity contribution >= 4 is 23.5 Å². The van der Waals surface area contributed by atoms with Crippen LogP contribution >= 0.6 is 11.3 Å². The molecule has 1 N–H and O–H groups in total. The lowest BCUT2D eigenvalue weighted by Gasteiger charge is -2.12. The van der Waals surface area contributed by atoms with Gasteiger partial charge in [0.1, 0.15) is 0 Å². The molecule has 0 aliphatic carbocycles. The van der Waals surface area contributed by atoms with Gasteiger partial charge in [-0.3, -0.25) is 0 Å². The van der Waals surface area contributed by atoms with Gasteiger partial charge in [-0.2, -0.15) is 22.7 Å². The molecule has 0 aliphatic heterocycles. The summed E-state index contributed by atoms with van der Waals surface area (Å²) in [6.45, 7) is 0. The van der Waals surface area contributed by atoms with Crippen molar-refractivity contribution in [3.63, 3.8) is 0 Å². The molecule has 0 fully saturated rings. The van der Waals surface area contributed by atoms with Gasteiger partial charge < -0.3 is 9.47 Å². The quantitative estimate of drug-likeness (QED) is 0.348. The molecule has 0 radical (unpaired) electrons. The van der Waals surface area contributed by atoms with Gasteiger partial charge in [-0.15, -0.1) is 11.3 Å². The van der Waals surface area contributed by atoms with Crippen LogP contribution in [0.1, 0.15) is 10.6 Å². The molecule has 0 atom stereocenters. The highest BCUT2D eigenvalue weighted by Crippen LogP contribution is 2.34.